The van der Waals surface area contributed by atoms with Gasteiger partial charge in [0.25, 0.3) is 5.91 Å². The molecule has 0 aromatic heterocycles. The average molecular weight is 456 g/mol. The smallest absolute Gasteiger partial charge is 0.322 e. The summed E-state index contributed by atoms with van der Waals surface area (Å²) in [6.45, 7) is 6.38. The van der Waals surface area contributed by atoms with Crippen molar-refractivity contribution in [2.75, 3.05) is 52.3 Å². The Kier molecular flexibility index (Phi) is 8.54. The summed E-state index contributed by atoms with van der Waals surface area (Å²) in [4.78, 5) is 29.7. The van der Waals surface area contributed by atoms with Crippen molar-refractivity contribution in [2.24, 2.45) is 5.92 Å². The first kappa shape index (κ1) is 24.4. The zero-order valence-corrected chi connectivity index (χ0v) is 19.7. The highest BCUT2D eigenvalue weighted by atomic mass is 16.5. The van der Waals surface area contributed by atoms with Gasteiger partial charge in [-0.15, -0.1) is 0 Å². The van der Waals surface area contributed by atoms with E-state index in [4.69, 9.17) is 14.2 Å². The summed E-state index contributed by atoms with van der Waals surface area (Å²) in [7, 11) is 3.10. The van der Waals surface area contributed by atoms with Gasteiger partial charge in [-0.3, -0.25) is 4.79 Å². The fraction of sp³-hybridized carbons (Fsp3) is 0.440. The molecule has 8 nitrogen and oxygen atoms in total. The van der Waals surface area contributed by atoms with Gasteiger partial charge in [-0.25, -0.2) is 4.79 Å². The molecule has 1 N–H and O–H groups in total. The molecule has 2 aromatic carbocycles. The maximum absolute atomic E-state index is 13.4. The molecule has 0 saturated carbocycles. The Hall–Kier alpha value is -3.26. The van der Waals surface area contributed by atoms with Crippen molar-refractivity contribution in [1.29, 1.82) is 0 Å². The number of urea groups is 1. The van der Waals surface area contributed by atoms with Crippen LogP contribution < -0.4 is 14.8 Å². The number of para-hydroxylation sites is 1. The second kappa shape index (κ2) is 11.6. The lowest BCUT2D eigenvalue weighted by Crippen LogP contribution is -2.52. The molecular formula is C25H33N3O5. The Morgan fingerprint density at radius 2 is 1.91 bits per heavy atom. The summed E-state index contributed by atoms with van der Waals surface area (Å²) in [5, 5.41) is 2.91. The largest absolute Gasteiger partial charge is 0.497 e. The zero-order chi connectivity index (χ0) is 23.8. The van der Waals surface area contributed by atoms with E-state index in [1.807, 2.05) is 30.3 Å². The maximum Gasteiger partial charge on any atom is 0.322 e. The molecule has 0 bridgehead atoms. The van der Waals surface area contributed by atoms with E-state index in [9.17, 15) is 9.59 Å². The number of carbonyl (C=O) groups is 2. The molecule has 0 aliphatic carbocycles. The lowest BCUT2D eigenvalue weighted by molar-refractivity contribution is -0.0272. The van der Waals surface area contributed by atoms with E-state index in [2.05, 4.69) is 19.2 Å². The van der Waals surface area contributed by atoms with Crippen LogP contribution in [0.1, 0.15) is 24.2 Å². The normalized spacial score (nSPS) is 15.8. The van der Waals surface area contributed by atoms with Gasteiger partial charge in [0, 0.05) is 31.4 Å². The van der Waals surface area contributed by atoms with Crippen LogP contribution in [0.5, 0.6) is 11.5 Å². The van der Waals surface area contributed by atoms with E-state index < -0.39 is 0 Å². The fourth-order valence-corrected chi connectivity index (χ4v) is 3.81. The quantitative estimate of drug-likeness (QED) is 0.656. The van der Waals surface area contributed by atoms with Gasteiger partial charge in [0.05, 0.1) is 39.0 Å². The fourth-order valence-electron chi connectivity index (χ4n) is 3.81. The van der Waals surface area contributed by atoms with Crippen molar-refractivity contribution in [3.8, 4) is 11.5 Å². The minimum absolute atomic E-state index is 0.141. The summed E-state index contributed by atoms with van der Waals surface area (Å²) in [6.07, 6.45) is -0.285. The number of morpholine rings is 1. The SMILES string of the molecule is COc1ccc(C(=O)N(CC(C)C)CC2CN(C(=O)Nc3ccccc3)CCO2)c(OC)c1. The topological polar surface area (TPSA) is 80.3 Å². The molecule has 33 heavy (non-hydrogen) atoms. The molecule has 3 rings (SSSR count). The first-order chi connectivity index (χ1) is 15.9. The molecule has 0 spiro atoms. The standard InChI is InChI=1S/C25H33N3O5/c1-18(2)15-28(24(29)22-11-10-20(31-3)14-23(22)32-4)17-21-16-27(12-13-33-21)25(30)26-19-8-6-5-7-9-19/h5-11,14,18,21H,12-13,15-17H2,1-4H3,(H,26,30). The molecule has 1 unspecified atom stereocenters. The third kappa shape index (κ3) is 6.61. The number of methoxy groups -OCH3 is 2. The Bertz CT molecular complexity index is 935. The van der Waals surface area contributed by atoms with Crippen LogP contribution in [0.25, 0.3) is 0 Å². The highest BCUT2D eigenvalue weighted by molar-refractivity contribution is 5.97. The predicted molar refractivity (Wildman–Crippen MR) is 127 cm³/mol. The number of benzene rings is 2. The molecule has 1 fully saturated rings. The summed E-state index contributed by atoms with van der Waals surface area (Å²) < 4.78 is 16.6. The van der Waals surface area contributed by atoms with Crippen LogP contribution in [0.2, 0.25) is 0 Å². The Morgan fingerprint density at radius 3 is 2.58 bits per heavy atom. The van der Waals surface area contributed by atoms with Crippen LogP contribution in [0.4, 0.5) is 10.5 Å². The Labute approximate surface area is 195 Å². The number of hydrogen-bond acceptors (Lipinski definition) is 5. The van der Waals surface area contributed by atoms with Crippen LogP contribution in [0.3, 0.4) is 0 Å². The number of amides is 3. The van der Waals surface area contributed by atoms with Gasteiger partial charge >= 0.3 is 6.03 Å². The van der Waals surface area contributed by atoms with Gasteiger partial charge < -0.3 is 29.3 Å². The minimum atomic E-state index is -0.285. The third-order valence-electron chi connectivity index (χ3n) is 5.39. The van der Waals surface area contributed by atoms with E-state index in [1.165, 1.54) is 7.11 Å². The number of ether oxygens (including phenoxy) is 3. The summed E-state index contributed by atoms with van der Waals surface area (Å²) in [6, 6.07) is 14.3. The summed E-state index contributed by atoms with van der Waals surface area (Å²) in [5.74, 6) is 1.20. The van der Waals surface area contributed by atoms with Gasteiger partial charge in [-0.05, 0) is 30.2 Å². The third-order valence-corrected chi connectivity index (χ3v) is 5.39. The molecular weight excluding hydrogens is 422 g/mol. The molecule has 3 amide bonds. The van der Waals surface area contributed by atoms with Crippen LogP contribution >= 0.6 is 0 Å². The lowest BCUT2D eigenvalue weighted by atomic mass is 10.1. The van der Waals surface area contributed by atoms with Crippen molar-refractivity contribution in [3.63, 3.8) is 0 Å². The molecule has 1 saturated heterocycles. The first-order valence-corrected chi connectivity index (χ1v) is 11.1. The highest BCUT2D eigenvalue weighted by Gasteiger charge is 2.29. The van der Waals surface area contributed by atoms with Crippen LogP contribution in [0.15, 0.2) is 48.5 Å². The summed E-state index contributed by atoms with van der Waals surface area (Å²) in [5.41, 5.74) is 1.21. The molecule has 1 heterocycles. The van der Waals surface area contributed by atoms with E-state index in [0.717, 1.165) is 5.69 Å². The number of rotatable bonds is 8. The highest BCUT2D eigenvalue weighted by Crippen LogP contribution is 2.26. The molecule has 1 aliphatic heterocycles. The van der Waals surface area contributed by atoms with E-state index in [0.29, 0.717) is 49.8 Å². The molecule has 178 valence electrons. The lowest BCUT2D eigenvalue weighted by Gasteiger charge is -2.36. The number of hydrogen-bond donors (Lipinski definition) is 1. The molecule has 0 radical (unpaired) electrons. The maximum atomic E-state index is 13.4. The van der Waals surface area contributed by atoms with Gasteiger partial charge in [0.1, 0.15) is 11.5 Å². The van der Waals surface area contributed by atoms with Crippen LogP contribution in [0, 0.1) is 5.92 Å². The number of anilines is 1. The second-order valence-corrected chi connectivity index (χ2v) is 8.41. The van der Waals surface area contributed by atoms with Gasteiger partial charge in [-0.2, -0.15) is 0 Å². The number of carbonyl (C=O) groups excluding carboxylic acids is 2. The van der Waals surface area contributed by atoms with Crippen molar-refractivity contribution in [2.45, 2.75) is 20.0 Å². The van der Waals surface area contributed by atoms with Crippen LogP contribution in [-0.2, 0) is 4.74 Å². The first-order valence-electron chi connectivity index (χ1n) is 11.1. The van der Waals surface area contributed by atoms with Crippen molar-refractivity contribution >= 4 is 17.6 Å². The molecule has 2 aromatic rings. The van der Waals surface area contributed by atoms with Gasteiger partial charge in [0.15, 0.2) is 0 Å². The van der Waals surface area contributed by atoms with Gasteiger partial charge in [-0.1, -0.05) is 32.0 Å². The molecule has 1 atom stereocenters. The monoisotopic (exact) mass is 455 g/mol. The van der Waals surface area contributed by atoms with Gasteiger partial charge in [0.2, 0.25) is 0 Å². The second-order valence-electron chi connectivity index (χ2n) is 8.41. The van der Waals surface area contributed by atoms with Crippen molar-refractivity contribution in [1.82, 2.24) is 9.80 Å². The van der Waals surface area contributed by atoms with Crippen molar-refractivity contribution in [3.05, 3.63) is 54.1 Å². The predicted octanol–water partition coefficient (Wildman–Crippen LogP) is 3.73. The van der Waals surface area contributed by atoms with E-state index in [1.54, 1.807) is 35.1 Å². The average Bonchev–Trinajstić information content (AvgIpc) is 2.83. The minimum Gasteiger partial charge on any atom is -0.497 e. The zero-order valence-electron chi connectivity index (χ0n) is 19.7. The van der Waals surface area contributed by atoms with E-state index in [-0.39, 0.29) is 24.0 Å². The number of nitrogens with zero attached hydrogens (tertiary/aromatic N) is 2. The Balaban J connectivity index is 1.70. The van der Waals surface area contributed by atoms with Crippen molar-refractivity contribution < 1.29 is 23.8 Å². The number of nitrogens with one attached hydrogen (secondary N) is 1. The summed E-state index contributed by atoms with van der Waals surface area (Å²) >= 11 is 0. The Morgan fingerprint density at radius 1 is 1.15 bits per heavy atom. The van der Waals surface area contributed by atoms with E-state index >= 15 is 0 Å². The molecule has 1 aliphatic rings. The molecule has 8 heteroatoms. The van der Waals surface area contributed by atoms with Crippen LogP contribution in [-0.4, -0.2) is 74.8 Å².